The lowest BCUT2D eigenvalue weighted by Crippen LogP contribution is -2.39. The lowest BCUT2D eigenvalue weighted by molar-refractivity contribution is -0.133. The Hall–Kier alpha value is -3.45. The Balaban J connectivity index is 1.59. The first-order valence-corrected chi connectivity index (χ1v) is 10.5. The topological polar surface area (TPSA) is 57.9 Å². The normalized spacial score (nSPS) is 15.6. The third-order valence-electron chi connectivity index (χ3n) is 5.48. The number of likely N-dealkylation sites (N-methyl/N-ethyl adjacent to an activating group) is 1. The molecule has 1 aliphatic heterocycles. The molecule has 6 nitrogen and oxygen atoms in total. The van der Waals surface area contributed by atoms with Gasteiger partial charge in [-0.15, -0.1) is 0 Å². The van der Waals surface area contributed by atoms with E-state index in [1.165, 1.54) is 35.2 Å². The van der Waals surface area contributed by atoms with Crippen LogP contribution in [0.1, 0.15) is 34.1 Å². The van der Waals surface area contributed by atoms with E-state index in [0.717, 1.165) is 17.0 Å². The molecule has 0 spiro atoms. The SMILES string of the molecule is CN(CC(=O)N1N=C(c2cccn2C)CC1c1ccc(Cl)cc1)C(=O)c1ccccc1F. The quantitative estimate of drug-likeness (QED) is 0.580. The number of hydrazone groups is 1. The van der Waals surface area contributed by atoms with Gasteiger partial charge >= 0.3 is 0 Å². The molecular formula is C24H22ClFN4O2. The zero-order valence-electron chi connectivity index (χ0n) is 17.7. The Bertz CT molecular complexity index is 1190. The summed E-state index contributed by atoms with van der Waals surface area (Å²) in [6.07, 6.45) is 2.44. The van der Waals surface area contributed by atoms with Crippen LogP contribution in [-0.4, -0.2) is 45.6 Å². The summed E-state index contributed by atoms with van der Waals surface area (Å²) in [6, 6.07) is 16.5. The maximum atomic E-state index is 14.0. The number of aromatic nitrogens is 1. The number of halogens is 2. The Morgan fingerprint density at radius 3 is 2.50 bits per heavy atom. The third kappa shape index (κ3) is 4.29. The molecule has 2 heterocycles. The number of hydrogen-bond donors (Lipinski definition) is 0. The van der Waals surface area contributed by atoms with E-state index in [-0.39, 0.29) is 24.1 Å². The van der Waals surface area contributed by atoms with E-state index in [0.29, 0.717) is 11.4 Å². The van der Waals surface area contributed by atoms with Crippen LogP contribution in [0.25, 0.3) is 0 Å². The van der Waals surface area contributed by atoms with E-state index in [1.54, 1.807) is 18.2 Å². The van der Waals surface area contributed by atoms with Crippen LogP contribution in [0.4, 0.5) is 4.39 Å². The summed E-state index contributed by atoms with van der Waals surface area (Å²) in [6.45, 7) is -0.235. The Labute approximate surface area is 190 Å². The second-order valence-corrected chi connectivity index (χ2v) is 8.14. The van der Waals surface area contributed by atoms with E-state index in [4.69, 9.17) is 11.6 Å². The van der Waals surface area contributed by atoms with Crippen molar-refractivity contribution in [3.8, 4) is 0 Å². The summed E-state index contributed by atoms with van der Waals surface area (Å²) < 4.78 is 16.0. The van der Waals surface area contributed by atoms with Crippen LogP contribution in [0.15, 0.2) is 72.0 Å². The van der Waals surface area contributed by atoms with Crippen molar-refractivity contribution < 1.29 is 14.0 Å². The molecule has 0 N–H and O–H groups in total. The van der Waals surface area contributed by atoms with Gasteiger partial charge in [-0.2, -0.15) is 5.10 Å². The van der Waals surface area contributed by atoms with Gasteiger partial charge in [0, 0.05) is 31.7 Å². The van der Waals surface area contributed by atoms with Crippen molar-refractivity contribution in [1.29, 1.82) is 0 Å². The van der Waals surface area contributed by atoms with Gasteiger partial charge in [0.1, 0.15) is 12.4 Å². The predicted octanol–water partition coefficient (Wildman–Crippen LogP) is 4.27. The molecule has 0 saturated heterocycles. The van der Waals surface area contributed by atoms with Gasteiger partial charge in [0.2, 0.25) is 0 Å². The second kappa shape index (κ2) is 8.96. The zero-order chi connectivity index (χ0) is 22.8. The van der Waals surface area contributed by atoms with E-state index < -0.39 is 11.7 Å². The number of amides is 2. The molecule has 3 aromatic rings. The fourth-order valence-corrected chi connectivity index (χ4v) is 3.91. The van der Waals surface area contributed by atoms with Crippen LogP contribution < -0.4 is 0 Å². The maximum Gasteiger partial charge on any atom is 0.262 e. The standard InChI is InChI=1S/C24H22ClFN4O2/c1-28-13-5-8-21(28)20-14-22(16-9-11-17(25)12-10-16)30(27-20)23(31)15-29(2)24(32)18-6-3-4-7-19(18)26/h3-13,22H,14-15H2,1-2H3. The molecule has 1 aromatic heterocycles. The van der Waals surface area contributed by atoms with Crippen LogP contribution in [0, 0.1) is 5.82 Å². The van der Waals surface area contributed by atoms with Crippen LogP contribution >= 0.6 is 11.6 Å². The maximum absolute atomic E-state index is 14.0. The van der Waals surface area contributed by atoms with E-state index >= 15 is 0 Å². The predicted molar refractivity (Wildman–Crippen MR) is 121 cm³/mol. The van der Waals surface area contributed by atoms with Gasteiger partial charge in [0.15, 0.2) is 0 Å². The number of hydrogen-bond acceptors (Lipinski definition) is 3. The highest BCUT2D eigenvalue weighted by Crippen LogP contribution is 2.33. The minimum atomic E-state index is -0.624. The molecule has 2 aromatic carbocycles. The van der Waals surface area contributed by atoms with Gasteiger partial charge in [-0.25, -0.2) is 9.40 Å². The van der Waals surface area contributed by atoms with Crippen LogP contribution in [-0.2, 0) is 11.8 Å². The summed E-state index contributed by atoms with van der Waals surface area (Å²) in [5.74, 6) is -1.55. The third-order valence-corrected chi connectivity index (χ3v) is 5.74. The summed E-state index contributed by atoms with van der Waals surface area (Å²) >= 11 is 6.04. The fourth-order valence-electron chi connectivity index (χ4n) is 3.79. The van der Waals surface area contributed by atoms with E-state index in [9.17, 15) is 14.0 Å². The highest BCUT2D eigenvalue weighted by atomic mass is 35.5. The number of carbonyl (C=O) groups is 2. The largest absolute Gasteiger partial charge is 0.350 e. The number of benzene rings is 2. The van der Waals surface area contributed by atoms with Crippen LogP contribution in [0.3, 0.4) is 0 Å². The number of nitrogens with zero attached hydrogens (tertiary/aromatic N) is 4. The first-order valence-electron chi connectivity index (χ1n) is 10.1. The van der Waals surface area contributed by atoms with Gasteiger partial charge < -0.3 is 9.47 Å². The minimum absolute atomic E-state index is 0.0773. The van der Waals surface area contributed by atoms with E-state index in [1.807, 2.05) is 42.1 Å². The highest BCUT2D eigenvalue weighted by molar-refractivity contribution is 6.30. The van der Waals surface area contributed by atoms with Gasteiger partial charge in [-0.3, -0.25) is 9.59 Å². The first kappa shape index (κ1) is 21.8. The van der Waals surface area contributed by atoms with Crippen molar-refractivity contribution in [1.82, 2.24) is 14.5 Å². The van der Waals surface area contributed by atoms with Crippen LogP contribution in [0.5, 0.6) is 0 Å². The smallest absolute Gasteiger partial charge is 0.262 e. The van der Waals surface area contributed by atoms with Crippen molar-refractivity contribution >= 4 is 29.1 Å². The molecule has 1 aliphatic rings. The van der Waals surface area contributed by atoms with Gasteiger partial charge in [-0.1, -0.05) is 35.9 Å². The highest BCUT2D eigenvalue weighted by Gasteiger charge is 2.34. The van der Waals surface area contributed by atoms with Crippen molar-refractivity contribution in [2.45, 2.75) is 12.5 Å². The molecule has 0 saturated carbocycles. The molecule has 1 unspecified atom stereocenters. The molecule has 2 amide bonds. The molecule has 4 rings (SSSR count). The molecule has 0 bridgehead atoms. The molecule has 164 valence electrons. The number of rotatable bonds is 5. The van der Waals surface area contributed by atoms with Gasteiger partial charge in [0.25, 0.3) is 11.8 Å². The monoisotopic (exact) mass is 452 g/mol. The first-order chi connectivity index (χ1) is 15.3. The Kier molecular flexibility index (Phi) is 6.10. The van der Waals surface area contributed by atoms with Crippen molar-refractivity contribution in [2.75, 3.05) is 13.6 Å². The zero-order valence-corrected chi connectivity index (χ0v) is 18.5. The molecular weight excluding hydrogens is 431 g/mol. The summed E-state index contributed by atoms with van der Waals surface area (Å²) in [5, 5.41) is 6.62. The van der Waals surface area contributed by atoms with Gasteiger partial charge in [0.05, 0.1) is 23.0 Å². The average molecular weight is 453 g/mol. The van der Waals surface area contributed by atoms with E-state index in [2.05, 4.69) is 5.10 Å². The Morgan fingerprint density at radius 2 is 1.84 bits per heavy atom. The lowest BCUT2D eigenvalue weighted by atomic mass is 10.0. The lowest BCUT2D eigenvalue weighted by Gasteiger charge is -2.25. The molecule has 0 aliphatic carbocycles. The molecule has 0 radical (unpaired) electrons. The minimum Gasteiger partial charge on any atom is -0.350 e. The molecule has 32 heavy (non-hydrogen) atoms. The van der Waals surface area contributed by atoms with Gasteiger partial charge in [-0.05, 0) is 42.0 Å². The Morgan fingerprint density at radius 1 is 1.12 bits per heavy atom. The fraction of sp³-hybridized carbons (Fsp3) is 0.208. The summed E-state index contributed by atoms with van der Waals surface area (Å²) in [5.41, 5.74) is 2.49. The van der Waals surface area contributed by atoms with Crippen molar-refractivity contribution in [2.24, 2.45) is 12.1 Å². The van der Waals surface area contributed by atoms with Crippen molar-refractivity contribution in [3.63, 3.8) is 0 Å². The molecule has 1 atom stereocenters. The summed E-state index contributed by atoms with van der Waals surface area (Å²) in [4.78, 5) is 27.1. The second-order valence-electron chi connectivity index (χ2n) is 7.70. The average Bonchev–Trinajstić information content (AvgIpc) is 3.40. The van der Waals surface area contributed by atoms with Crippen LogP contribution in [0.2, 0.25) is 5.02 Å². The van der Waals surface area contributed by atoms with Crippen molar-refractivity contribution in [3.05, 3.63) is 94.5 Å². The molecule has 8 heteroatoms. The molecule has 0 fully saturated rings. The number of aryl methyl sites for hydroxylation is 1. The summed E-state index contributed by atoms with van der Waals surface area (Å²) in [7, 11) is 3.39. The number of carbonyl (C=O) groups excluding carboxylic acids is 2.